The van der Waals surface area contributed by atoms with Gasteiger partial charge >= 0.3 is 12.0 Å². The lowest BCUT2D eigenvalue weighted by Gasteiger charge is -2.23. The summed E-state index contributed by atoms with van der Waals surface area (Å²) in [6.45, 7) is 0. The van der Waals surface area contributed by atoms with Crippen LogP contribution >= 0.6 is 0 Å². The van der Waals surface area contributed by atoms with E-state index in [1.54, 1.807) is 0 Å². The van der Waals surface area contributed by atoms with Crippen molar-refractivity contribution in [2.45, 2.75) is 38.1 Å². The molecule has 0 aromatic heterocycles. The van der Waals surface area contributed by atoms with Crippen LogP contribution in [0.2, 0.25) is 0 Å². The Morgan fingerprint density at radius 2 is 1.90 bits per heavy atom. The number of aromatic carboxylic acids is 1. The van der Waals surface area contributed by atoms with Crippen LogP contribution in [0.1, 0.15) is 42.5 Å². The van der Waals surface area contributed by atoms with Gasteiger partial charge in [-0.2, -0.15) is 0 Å². The van der Waals surface area contributed by atoms with Gasteiger partial charge < -0.3 is 15.7 Å². The number of urea groups is 1. The summed E-state index contributed by atoms with van der Waals surface area (Å²) >= 11 is 0. The van der Waals surface area contributed by atoms with Crippen molar-refractivity contribution in [3.05, 3.63) is 29.6 Å². The normalized spacial score (nSPS) is 15.7. The largest absolute Gasteiger partial charge is 0.478 e. The van der Waals surface area contributed by atoms with Crippen LogP contribution in [0, 0.1) is 5.82 Å². The fourth-order valence-corrected chi connectivity index (χ4v) is 2.40. The van der Waals surface area contributed by atoms with E-state index in [1.807, 2.05) is 0 Å². The van der Waals surface area contributed by atoms with E-state index < -0.39 is 17.8 Å². The topological polar surface area (TPSA) is 78.4 Å². The van der Waals surface area contributed by atoms with Crippen molar-refractivity contribution in [2.24, 2.45) is 0 Å². The summed E-state index contributed by atoms with van der Waals surface area (Å²) in [4.78, 5) is 22.8. The van der Waals surface area contributed by atoms with Crippen LogP contribution in [-0.2, 0) is 0 Å². The molecule has 1 saturated carbocycles. The fraction of sp³-hybridized carbons (Fsp3) is 0.429. The minimum Gasteiger partial charge on any atom is -0.478 e. The minimum atomic E-state index is -1.21. The molecule has 20 heavy (non-hydrogen) atoms. The van der Waals surface area contributed by atoms with Gasteiger partial charge in [-0.15, -0.1) is 0 Å². The average molecular weight is 280 g/mol. The monoisotopic (exact) mass is 280 g/mol. The van der Waals surface area contributed by atoms with E-state index in [2.05, 4.69) is 10.6 Å². The van der Waals surface area contributed by atoms with Crippen molar-refractivity contribution >= 4 is 17.7 Å². The first-order valence-electron chi connectivity index (χ1n) is 6.66. The Hall–Kier alpha value is -2.11. The SMILES string of the molecule is O=C(Nc1cc(F)ccc1C(=O)O)NC1CCCCC1. The molecule has 0 unspecified atom stereocenters. The molecule has 1 aliphatic carbocycles. The molecule has 0 saturated heterocycles. The molecule has 0 spiro atoms. The summed E-state index contributed by atoms with van der Waals surface area (Å²) in [5, 5.41) is 14.2. The lowest BCUT2D eigenvalue weighted by atomic mass is 9.96. The van der Waals surface area contributed by atoms with Gasteiger partial charge in [0.15, 0.2) is 0 Å². The van der Waals surface area contributed by atoms with E-state index >= 15 is 0 Å². The van der Waals surface area contributed by atoms with E-state index in [1.165, 1.54) is 6.42 Å². The van der Waals surface area contributed by atoms with Crippen LogP contribution < -0.4 is 10.6 Å². The lowest BCUT2D eigenvalue weighted by Crippen LogP contribution is -2.39. The predicted octanol–water partition coefficient (Wildman–Crippen LogP) is 2.98. The van der Waals surface area contributed by atoms with Crippen LogP contribution in [-0.4, -0.2) is 23.1 Å². The Balaban J connectivity index is 2.03. The number of halogens is 1. The van der Waals surface area contributed by atoms with Crippen molar-refractivity contribution in [1.82, 2.24) is 5.32 Å². The number of carboxylic acids is 1. The number of benzene rings is 1. The molecule has 0 bridgehead atoms. The standard InChI is InChI=1S/C14H17FN2O3/c15-9-6-7-11(13(18)19)12(8-9)17-14(20)16-10-4-2-1-3-5-10/h6-8,10H,1-5H2,(H,18,19)(H2,16,17,20). The number of rotatable bonds is 3. The van der Waals surface area contributed by atoms with E-state index in [0.717, 1.165) is 43.9 Å². The number of amides is 2. The molecule has 2 amide bonds. The summed E-state index contributed by atoms with van der Waals surface area (Å²) in [6, 6.07) is 2.79. The summed E-state index contributed by atoms with van der Waals surface area (Å²) < 4.78 is 13.2. The lowest BCUT2D eigenvalue weighted by molar-refractivity contribution is 0.0698. The molecule has 1 aliphatic rings. The Morgan fingerprint density at radius 3 is 2.55 bits per heavy atom. The molecular formula is C14H17FN2O3. The van der Waals surface area contributed by atoms with E-state index in [-0.39, 0.29) is 17.3 Å². The molecule has 0 aliphatic heterocycles. The summed E-state index contributed by atoms with van der Waals surface area (Å²) in [6.07, 6.45) is 5.16. The highest BCUT2D eigenvalue weighted by Gasteiger charge is 2.18. The molecule has 3 N–H and O–H groups in total. The fourth-order valence-electron chi connectivity index (χ4n) is 2.40. The van der Waals surface area contributed by atoms with Gasteiger partial charge in [-0.3, -0.25) is 0 Å². The Kier molecular flexibility index (Phi) is 4.55. The molecular weight excluding hydrogens is 263 g/mol. The van der Waals surface area contributed by atoms with E-state index in [0.29, 0.717) is 0 Å². The van der Waals surface area contributed by atoms with Gasteiger partial charge in [-0.25, -0.2) is 14.0 Å². The van der Waals surface area contributed by atoms with Crippen molar-refractivity contribution in [1.29, 1.82) is 0 Å². The Labute approximate surface area is 116 Å². The van der Waals surface area contributed by atoms with Crippen LogP contribution in [0.4, 0.5) is 14.9 Å². The molecule has 2 rings (SSSR count). The van der Waals surface area contributed by atoms with Crippen molar-refractivity contribution in [3.8, 4) is 0 Å². The van der Waals surface area contributed by atoms with E-state index in [9.17, 15) is 14.0 Å². The number of carbonyl (C=O) groups is 2. The number of hydrogen-bond donors (Lipinski definition) is 3. The van der Waals surface area contributed by atoms with Gasteiger partial charge in [-0.05, 0) is 31.0 Å². The number of anilines is 1. The van der Waals surface area contributed by atoms with E-state index in [4.69, 9.17) is 5.11 Å². The molecule has 108 valence electrons. The van der Waals surface area contributed by atoms with Crippen molar-refractivity contribution in [3.63, 3.8) is 0 Å². The van der Waals surface area contributed by atoms with Crippen molar-refractivity contribution < 1.29 is 19.1 Å². The zero-order valence-electron chi connectivity index (χ0n) is 11.0. The number of nitrogens with one attached hydrogen (secondary N) is 2. The molecule has 0 heterocycles. The molecule has 5 nitrogen and oxygen atoms in total. The molecule has 0 radical (unpaired) electrons. The van der Waals surface area contributed by atoms with Crippen LogP contribution in [0.3, 0.4) is 0 Å². The Morgan fingerprint density at radius 1 is 1.20 bits per heavy atom. The number of carboxylic acid groups (broad SMARTS) is 1. The number of hydrogen-bond acceptors (Lipinski definition) is 2. The maximum atomic E-state index is 13.2. The van der Waals surface area contributed by atoms with Gasteiger partial charge in [0.2, 0.25) is 0 Å². The van der Waals surface area contributed by atoms with Crippen LogP contribution in [0.25, 0.3) is 0 Å². The zero-order chi connectivity index (χ0) is 14.5. The molecule has 1 fully saturated rings. The highest BCUT2D eigenvalue weighted by atomic mass is 19.1. The van der Waals surface area contributed by atoms with Gasteiger partial charge in [-0.1, -0.05) is 19.3 Å². The molecule has 1 aromatic carbocycles. The van der Waals surface area contributed by atoms with Gasteiger partial charge in [0.25, 0.3) is 0 Å². The zero-order valence-corrected chi connectivity index (χ0v) is 11.0. The van der Waals surface area contributed by atoms with Gasteiger partial charge in [0.1, 0.15) is 5.82 Å². The maximum absolute atomic E-state index is 13.2. The van der Waals surface area contributed by atoms with Crippen LogP contribution in [0.15, 0.2) is 18.2 Å². The third-order valence-electron chi connectivity index (χ3n) is 3.40. The second kappa shape index (κ2) is 6.36. The average Bonchev–Trinajstić information content (AvgIpc) is 2.39. The smallest absolute Gasteiger partial charge is 0.337 e. The third-order valence-corrected chi connectivity index (χ3v) is 3.40. The summed E-state index contributed by atoms with van der Waals surface area (Å²) in [7, 11) is 0. The highest BCUT2D eigenvalue weighted by Crippen LogP contribution is 2.19. The quantitative estimate of drug-likeness (QED) is 0.796. The molecule has 1 aromatic rings. The van der Waals surface area contributed by atoms with Crippen LogP contribution in [0.5, 0.6) is 0 Å². The molecule has 6 heteroatoms. The molecule has 0 atom stereocenters. The first-order chi connectivity index (χ1) is 9.56. The summed E-state index contributed by atoms with van der Waals surface area (Å²) in [5.41, 5.74) is -0.170. The van der Waals surface area contributed by atoms with Gasteiger partial charge in [0, 0.05) is 6.04 Å². The minimum absolute atomic E-state index is 0.0363. The first kappa shape index (κ1) is 14.3. The predicted molar refractivity (Wildman–Crippen MR) is 72.4 cm³/mol. The second-order valence-corrected chi connectivity index (χ2v) is 4.93. The number of carbonyl (C=O) groups excluding carboxylic acids is 1. The maximum Gasteiger partial charge on any atom is 0.337 e. The third kappa shape index (κ3) is 3.69. The summed E-state index contributed by atoms with van der Waals surface area (Å²) in [5.74, 6) is -1.80. The Bertz CT molecular complexity index is 513. The highest BCUT2D eigenvalue weighted by molar-refractivity contribution is 6.00. The first-order valence-corrected chi connectivity index (χ1v) is 6.66. The second-order valence-electron chi connectivity index (χ2n) is 4.93. The van der Waals surface area contributed by atoms with Crippen molar-refractivity contribution in [2.75, 3.05) is 5.32 Å². The van der Waals surface area contributed by atoms with Gasteiger partial charge in [0.05, 0.1) is 11.3 Å².